The minimum atomic E-state index is 0.183. The first-order valence-corrected chi connectivity index (χ1v) is 7.67. The summed E-state index contributed by atoms with van der Waals surface area (Å²) in [5.74, 6) is 0.814. The summed E-state index contributed by atoms with van der Waals surface area (Å²) in [5, 5.41) is 3.40. The highest BCUT2D eigenvalue weighted by molar-refractivity contribution is 9.10. The second-order valence-corrected chi connectivity index (χ2v) is 6.55. The molecule has 3 rings (SSSR count). The molecular formula is C15H19BrN2O. The quantitative estimate of drug-likeness (QED) is 0.862. The molecule has 1 aromatic carbocycles. The topological polar surface area (TPSA) is 32.3 Å². The molecule has 3 nitrogen and oxygen atoms in total. The van der Waals surface area contributed by atoms with Crippen molar-refractivity contribution in [1.82, 2.24) is 10.2 Å². The Balaban J connectivity index is 1.93. The van der Waals surface area contributed by atoms with Crippen LogP contribution >= 0.6 is 15.9 Å². The van der Waals surface area contributed by atoms with Gasteiger partial charge in [-0.1, -0.05) is 22.0 Å². The van der Waals surface area contributed by atoms with Crippen LogP contribution in [-0.2, 0) is 0 Å². The van der Waals surface area contributed by atoms with Crippen molar-refractivity contribution in [3.8, 4) is 0 Å². The minimum Gasteiger partial charge on any atom is -0.331 e. The zero-order valence-corrected chi connectivity index (χ0v) is 12.9. The smallest absolute Gasteiger partial charge is 0.254 e. The van der Waals surface area contributed by atoms with Crippen molar-refractivity contribution in [1.29, 1.82) is 0 Å². The number of rotatable bonds is 1. The zero-order chi connectivity index (χ0) is 13.6. The fourth-order valence-corrected chi connectivity index (χ4v) is 3.86. The lowest BCUT2D eigenvalue weighted by molar-refractivity contribution is 0.0681. The van der Waals surface area contributed by atoms with Gasteiger partial charge in [-0.15, -0.1) is 0 Å². The van der Waals surface area contributed by atoms with E-state index < -0.39 is 0 Å². The molecule has 0 bridgehead atoms. The Labute approximate surface area is 122 Å². The second-order valence-electron chi connectivity index (χ2n) is 5.70. The Kier molecular flexibility index (Phi) is 3.39. The molecule has 3 atom stereocenters. The highest BCUT2D eigenvalue weighted by atomic mass is 79.9. The molecule has 2 heterocycles. The van der Waals surface area contributed by atoms with Gasteiger partial charge in [0, 0.05) is 35.2 Å². The molecule has 0 aromatic heterocycles. The van der Waals surface area contributed by atoms with Crippen molar-refractivity contribution in [2.75, 3.05) is 13.1 Å². The Bertz CT molecular complexity index is 517. The summed E-state index contributed by atoms with van der Waals surface area (Å²) in [6, 6.07) is 6.59. The minimum absolute atomic E-state index is 0.183. The SMILES string of the molecule is Cc1c(Br)cccc1C(=O)N1C(C)CC2CNCC21. The van der Waals surface area contributed by atoms with E-state index in [1.165, 1.54) is 0 Å². The predicted octanol–water partition coefficient (Wildman–Crippen LogP) is 2.58. The van der Waals surface area contributed by atoms with Gasteiger partial charge in [0.25, 0.3) is 5.91 Å². The summed E-state index contributed by atoms with van der Waals surface area (Å²) in [4.78, 5) is 14.9. The fraction of sp³-hybridized carbons (Fsp3) is 0.533. The molecular weight excluding hydrogens is 304 g/mol. The summed E-state index contributed by atoms with van der Waals surface area (Å²) < 4.78 is 1.01. The van der Waals surface area contributed by atoms with E-state index in [2.05, 4.69) is 33.1 Å². The first kappa shape index (κ1) is 13.1. The average Bonchev–Trinajstić information content (AvgIpc) is 2.91. The Hall–Kier alpha value is -0.870. The maximum Gasteiger partial charge on any atom is 0.254 e. The van der Waals surface area contributed by atoms with Crippen LogP contribution in [0.15, 0.2) is 22.7 Å². The van der Waals surface area contributed by atoms with E-state index in [9.17, 15) is 4.79 Å². The number of hydrogen-bond donors (Lipinski definition) is 1. The molecule has 19 heavy (non-hydrogen) atoms. The summed E-state index contributed by atoms with van der Waals surface area (Å²) in [6.07, 6.45) is 1.12. The molecule has 0 saturated carbocycles. The van der Waals surface area contributed by atoms with Crippen molar-refractivity contribution in [2.45, 2.75) is 32.4 Å². The van der Waals surface area contributed by atoms with Crippen LogP contribution in [0.2, 0.25) is 0 Å². The van der Waals surface area contributed by atoms with E-state index in [-0.39, 0.29) is 5.91 Å². The number of halogens is 1. The molecule has 2 aliphatic rings. The van der Waals surface area contributed by atoms with Gasteiger partial charge in [-0.05, 0) is 43.9 Å². The van der Waals surface area contributed by atoms with Gasteiger partial charge in [0.05, 0.1) is 0 Å². The number of nitrogens with zero attached hydrogens (tertiary/aromatic N) is 1. The van der Waals surface area contributed by atoms with E-state index in [1.807, 2.05) is 25.1 Å². The lowest BCUT2D eigenvalue weighted by atomic mass is 10.0. The van der Waals surface area contributed by atoms with Crippen LogP contribution in [0.3, 0.4) is 0 Å². The van der Waals surface area contributed by atoms with Gasteiger partial charge in [0.15, 0.2) is 0 Å². The lowest BCUT2D eigenvalue weighted by Crippen LogP contribution is -2.43. The van der Waals surface area contributed by atoms with Gasteiger partial charge >= 0.3 is 0 Å². The van der Waals surface area contributed by atoms with Crippen LogP contribution in [0.4, 0.5) is 0 Å². The zero-order valence-electron chi connectivity index (χ0n) is 11.3. The van der Waals surface area contributed by atoms with E-state index in [1.54, 1.807) is 0 Å². The van der Waals surface area contributed by atoms with Crippen molar-refractivity contribution in [3.63, 3.8) is 0 Å². The van der Waals surface area contributed by atoms with Crippen molar-refractivity contribution in [3.05, 3.63) is 33.8 Å². The van der Waals surface area contributed by atoms with Gasteiger partial charge in [-0.25, -0.2) is 0 Å². The third-order valence-corrected chi connectivity index (χ3v) is 5.37. The predicted molar refractivity (Wildman–Crippen MR) is 79.3 cm³/mol. The second kappa shape index (κ2) is 4.91. The average molecular weight is 323 g/mol. The number of nitrogens with one attached hydrogen (secondary N) is 1. The number of carbonyl (C=O) groups is 1. The monoisotopic (exact) mass is 322 g/mol. The molecule has 2 aliphatic heterocycles. The first-order chi connectivity index (χ1) is 9.09. The molecule has 1 aromatic rings. The highest BCUT2D eigenvalue weighted by Gasteiger charge is 2.44. The third-order valence-electron chi connectivity index (χ3n) is 4.51. The largest absolute Gasteiger partial charge is 0.331 e. The highest BCUT2D eigenvalue weighted by Crippen LogP contribution is 2.34. The first-order valence-electron chi connectivity index (χ1n) is 6.88. The van der Waals surface area contributed by atoms with E-state index >= 15 is 0 Å². The summed E-state index contributed by atoms with van der Waals surface area (Å²) in [5.41, 5.74) is 1.86. The normalized spacial score (nSPS) is 29.6. The van der Waals surface area contributed by atoms with Crippen LogP contribution in [0.5, 0.6) is 0 Å². The Morgan fingerprint density at radius 3 is 3.00 bits per heavy atom. The molecule has 3 unspecified atom stereocenters. The molecule has 1 amide bonds. The van der Waals surface area contributed by atoms with Gasteiger partial charge in [0.2, 0.25) is 0 Å². The Morgan fingerprint density at radius 2 is 2.21 bits per heavy atom. The van der Waals surface area contributed by atoms with Crippen molar-refractivity contribution < 1.29 is 4.79 Å². The van der Waals surface area contributed by atoms with Gasteiger partial charge in [0.1, 0.15) is 0 Å². The van der Waals surface area contributed by atoms with Crippen LogP contribution in [0, 0.1) is 12.8 Å². The van der Waals surface area contributed by atoms with E-state index in [0.29, 0.717) is 18.0 Å². The van der Waals surface area contributed by atoms with Gasteiger partial charge < -0.3 is 10.2 Å². The molecule has 102 valence electrons. The van der Waals surface area contributed by atoms with Crippen LogP contribution in [0.1, 0.15) is 29.3 Å². The standard InChI is InChI=1S/C15H19BrN2O/c1-9-6-11-7-17-8-14(11)18(9)15(19)12-4-3-5-13(16)10(12)2/h3-5,9,11,14,17H,6-8H2,1-2H3. The number of carbonyl (C=O) groups excluding carboxylic acids is 1. The summed E-state index contributed by atoms with van der Waals surface area (Å²) in [6.45, 7) is 6.16. The van der Waals surface area contributed by atoms with Gasteiger partial charge in [-0.3, -0.25) is 4.79 Å². The molecule has 2 saturated heterocycles. The third kappa shape index (κ3) is 2.11. The van der Waals surface area contributed by atoms with Crippen molar-refractivity contribution >= 4 is 21.8 Å². The van der Waals surface area contributed by atoms with Crippen molar-refractivity contribution in [2.24, 2.45) is 5.92 Å². The summed E-state index contributed by atoms with van der Waals surface area (Å²) in [7, 11) is 0. The molecule has 2 fully saturated rings. The maximum atomic E-state index is 12.9. The fourth-order valence-electron chi connectivity index (χ4n) is 3.49. The lowest BCUT2D eigenvalue weighted by Gasteiger charge is -2.28. The number of benzene rings is 1. The number of hydrogen-bond acceptors (Lipinski definition) is 2. The molecule has 0 spiro atoms. The Morgan fingerprint density at radius 1 is 1.42 bits per heavy atom. The van der Waals surface area contributed by atoms with Crippen LogP contribution in [-0.4, -0.2) is 36.0 Å². The molecule has 0 aliphatic carbocycles. The van der Waals surface area contributed by atoms with Crippen LogP contribution in [0.25, 0.3) is 0 Å². The summed E-state index contributed by atoms with van der Waals surface area (Å²) >= 11 is 3.51. The van der Waals surface area contributed by atoms with E-state index in [0.717, 1.165) is 35.1 Å². The molecule has 1 N–H and O–H groups in total. The number of amides is 1. The van der Waals surface area contributed by atoms with Crippen LogP contribution < -0.4 is 5.32 Å². The number of likely N-dealkylation sites (tertiary alicyclic amines) is 1. The molecule has 0 radical (unpaired) electrons. The number of fused-ring (bicyclic) bond motifs is 1. The van der Waals surface area contributed by atoms with Gasteiger partial charge in [-0.2, -0.15) is 0 Å². The maximum absolute atomic E-state index is 12.9. The molecule has 4 heteroatoms. The van der Waals surface area contributed by atoms with E-state index in [4.69, 9.17) is 0 Å².